The second-order valence-electron chi connectivity index (χ2n) is 4.49. The van der Waals surface area contributed by atoms with Crippen molar-refractivity contribution in [2.24, 2.45) is 0 Å². The van der Waals surface area contributed by atoms with Gasteiger partial charge in [0.15, 0.2) is 5.78 Å². The topological polar surface area (TPSA) is 38.8 Å². The van der Waals surface area contributed by atoms with Crippen LogP contribution in [0.1, 0.15) is 15.9 Å². The third-order valence-corrected chi connectivity index (χ3v) is 3.22. The second kappa shape index (κ2) is 5.98. The minimum atomic E-state index is 0.147. The van der Waals surface area contributed by atoms with Gasteiger partial charge < -0.3 is 9.47 Å². The van der Waals surface area contributed by atoms with Crippen LogP contribution in [0, 0.1) is 6.92 Å². The number of morpholine rings is 1. The smallest absolute Gasteiger partial charge is 0.177 e. The van der Waals surface area contributed by atoms with Gasteiger partial charge in [-0.2, -0.15) is 0 Å². The molecule has 1 saturated heterocycles. The van der Waals surface area contributed by atoms with Crippen molar-refractivity contribution in [2.75, 3.05) is 40.0 Å². The molecule has 0 spiro atoms. The zero-order valence-electron chi connectivity index (χ0n) is 10.9. The van der Waals surface area contributed by atoms with Crippen molar-refractivity contribution in [3.05, 3.63) is 29.3 Å². The average Bonchev–Trinajstić information content (AvgIpc) is 2.40. The standard InChI is InChI=1S/C14H19NO3/c1-11-3-4-12(17-2)9-13(11)14(16)10-15-5-7-18-8-6-15/h3-4,9H,5-8,10H2,1-2H3. The van der Waals surface area contributed by atoms with Crippen molar-refractivity contribution < 1.29 is 14.3 Å². The lowest BCUT2D eigenvalue weighted by atomic mass is 10.0. The number of ketones is 1. The lowest BCUT2D eigenvalue weighted by molar-refractivity contribution is 0.0371. The number of hydrogen-bond donors (Lipinski definition) is 0. The Hall–Kier alpha value is -1.39. The van der Waals surface area contributed by atoms with Gasteiger partial charge in [-0.3, -0.25) is 9.69 Å². The number of aryl methyl sites for hydroxylation is 1. The highest BCUT2D eigenvalue weighted by molar-refractivity contribution is 5.99. The van der Waals surface area contributed by atoms with Gasteiger partial charge in [-0.25, -0.2) is 0 Å². The SMILES string of the molecule is COc1ccc(C)c(C(=O)CN2CCOCC2)c1. The summed E-state index contributed by atoms with van der Waals surface area (Å²) in [5.74, 6) is 0.874. The molecule has 98 valence electrons. The Kier molecular flexibility index (Phi) is 4.33. The van der Waals surface area contributed by atoms with Crippen molar-refractivity contribution in [1.29, 1.82) is 0 Å². The number of carbonyl (C=O) groups excluding carboxylic acids is 1. The number of carbonyl (C=O) groups is 1. The molecule has 0 radical (unpaired) electrons. The molecule has 1 aromatic rings. The zero-order valence-corrected chi connectivity index (χ0v) is 10.9. The third kappa shape index (κ3) is 3.09. The van der Waals surface area contributed by atoms with Gasteiger partial charge in [0.05, 0.1) is 26.9 Å². The maximum Gasteiger partial charge on any atom is 0.177 e. The van der Waals surface area contributed by atoms with E-state index in [2.05, 4.69) is 4.90 Å². The van der Waals surface area contributed by atoms with E-state index in [4.69, 9.17) is 9.47 Å². The summed E-state index contributed by atoms with van der Waals surface area (Å²) in [7, 11) is 1.61. The minimum Gasteiger partial charge on any atom is -0.497 e. The van der Waals surface area contributed by atoms with Gasteiger partial charge >= 0.3 is 0 Å². The van der Waals surface area contributed by atoms with Gasteiger partial charge in [0.1, 0.15) is 5.75 Å². The number of Topliss-reactive ketones (excluding diaryl/α,β-unsaturated/α-hetero) is 1. The molecule has 1 aliphatic rings. The van der Waals surface area contributed by atoms with Crippen LogP contribution in [0.5, 0.6) is 5.75 Å². The number of methoxy groups -OCH3 is 1. The summed E-state index contributed by atoms with van der Waals surface area (Å²) in [6.07, 6.45) is 0. The Bertz CT molecular complexity index is 425. The molecule has 4 heteroatoms. The summed E-state index contributed by atoms with van der Waals surface area (Å²) in [6.45, 7) is 5.49. The Morgan fingerprint density at radius 1 is 1.39 bits per heavy atom. The van der Waals surface area contributed by atoms with Crippen molar-refractivity contribution in [2.45, 2.75) is 6.92 Å². The molecule has 2 rings (SSSR count). The summed E-state index contributed by atoms with van der Waals surface area (Å²) >= 11 is 0. The van der Waals surface area contributed by atoms with Crippen molar-refractivity contribution in [3.8, 4) is 5.75 Å². The van der Waals surface area contributed by atoms with E-state index in [9.17, 15) is 4.79 Å². The summed E-state index contributed by atoms with van der Waals surface area (Å²) in [5, 5.41) is 0. The highest BCUT2D eigenvalue weighted by Crippen LogP contribution is 2.18. The van der Waals surface area contributed by atoms with Crippen LogP contribution >= 0.6 is 0 Å². The van der Waals surface area contributed by atoms with Crippen molar-refractivity contribution >= 4 is 5.78 Å². The van der Waals surface area contributed by atoms with Gasteiger partial charge in [0, 0.05) is 18.7 Å². The van der Waals surface area contributed by atoms with Crippen LogP contribution in [0.3, 0.4) is 0 Å². The summed E-state index contributed by atoms with van der Waals surface area (Å²) in [4.78, 5) is 14.4. The van der Waals surface area contributed by atoms with Gasteiger partial charge in [0.2, 0.25) is 0 Å². The first-order valence-electron chi connectivity index (χ1n) is 6.18. The van der Waals surface area contributed by atoms with Crippen LogP contribution in [-0.4, -0.2) is 50.6 Å². The van der Waals surface area contributed by atoms with E-state index in [1.165, 1.54) is 0 Å². The first-order valence-corrected chi connectivity index (χ1v) is 6.18. The largest absolute Gasteiger partial charge is 0.497 e. The van der Waals surface area contributed by atoms with E-state index in [1.54, 1.807) is 7.11 Å². The minimum absolute atomic E-state index is 0.147. The molecule has 0 amide bonds. The third-order valence-electron chi connectivity index (χ3n) is 3.22. The monoisotopic (exact) mass is 249 g/mol. The molecule has 0 saturated carbocycles. The fraction of sp³-hybridized carbons (Fsp3) is 0.500. The lowest BCUT2D eigenvalue weighted by Crippen LogP contribution is -2.39. The maximum atomic E-state index is 12.3. The normalized spacial score (nSPS) is 16.6. The van der Waals surface area contributed by atoms with Gasteiger partial charge in [-0.15, -0.1) is 0 Å². The van der Waals surface area contributed by atoms with E-state index in [1.807, 2.05) is 25.1 Å². The van der Waals surface area contributed by atoms with E-state index in [0.717, 1.165) is 30.0 Å². The Balaban J connectivity index is 2.07. The van der Waals surface area contributed by atoms with Crippen LogP contribution in [-0.2, 0) is 4.74 Å². The van der Waals surface area contributed by atoms with Gasteiger partial charge in [0.25, 0.3) is 0 Å². The molecule has 1 aromatic carbocycles. The molecule has 4 nitrogen and oxygen atoms in total. The van der Waals surface area contributed by atoms with E-state index in [0.29, 0.717) is 19.8 Å². The van der Waals surface area contributed by atoms with Crippen LogP contribution in [0.4, 0.5) is 0 Å². The van der Waals surface area contributed by atoms with Crippen LogP contribution < -0.4 is 4.74 Å². The Labute approximate surface area is 107 Å². The van der Waals surface area contributed by atoms with Gasteiger partial charge in [-0.1, -0.05) is 6.07 Å². The molecule has 18 heavy (non-hydrogen) atoms. The van der Waals surface area contributed by atoms with Gasteiger partial charge in [-0.05, 0) is 24.6 Å². The van der Waals surface area contributed by atoms with E-state index >= 15 is 0 Å². The molecular weight excluding hydrogens is 230 g/mol. The number of hydrogen-bond acceptors (Lipinski definition) is 4. The predicted octanol–water partition coefficient (Wildman–Crippen LogP) is 1.52. The molecule has 0 atom stereocenters. The summed E-state index contributed by atoms with van der Waals surface area (Å²) in [6, 6.07) is 5.62. The highest BCUT2D eigenvalue weighted by Gasteiger charge is 2.17. The molecule has 0 N–H and O–H groups in total. The maximum absolute atomic E-state index is 12.3. The fourth-order valence-electron chi connectivity index (χ4n) is 2.08. The second-order valence-corrected chi connectivity index (χ2v) is 4.49. The fourth-order valence-corrected chi connectivity index (χ4v) is 2.08. The highest BCUT2D eigenvalue weighted by atomic mass is 16.5. The van der Waals surface area contributed by atoms with E-state index in [-0.39, 0.29) is 5.78 Å². The molecule has 0 aromatic heterocycles. The molecule has 1 aliphatic heterocycles. The molecule has 0 aliphatic carbocycles. The molecule has 1 fully saturated rings. The lowest BCUT2D eigenvalue weighted by Gasteiger charge is -2.26. The zero-order chi connectivity index (χ0) is 13.0. The average molecular weight is 249 g/mol. The van der Waals surface area contributed by atoms with Crippen LogP contribution in [0.2, 0.25) is 0 Å². The predicted molar refractivity (Wildman–Crippen MR) is 69.3 cm³/mol. The first-order chi connectivity index (χ1) is 8.70. The number of benzene rings is 1. The van der Waals surface area contributed by atoms with Crippen molar-refractivity contribution in [1.82, 2.24) is 4.90 Å². The molecule has 0 bridgehead atoms. The quantitative estimate of drug-likeness (QED) is 0.758. The van der Waals surface area contributed by atoms with Crippen LogP contribution in [0.15, 0.2) is 18.2 Å². The number of nitrogens with zero attached hydrogens (tertiary/aromatic N) is 1. The summed E-state index contributed by atoms with van der Waals surface area (Å²) < 4.78 is 10.4. The Morgan fingerprint density at radius 3 is 2.78 bits per heavy atom. The summed E-state index contributed by atoms with van der Waals surface area (Å²) in [5.41, 5.74) is 1.75. The number of ether oxygens (including phenoxy) is 2. The first kappa shape index (κ1) is 13.1. The Morgan fingerprint density at radius 2 is 2.11 bits per heavy atom. The molecule has 1 heterocycles. The molecular formula is C14H19NO3. The van der Waals surface area contributed by atoms with Crippen molar-refractivity contribution in [3.63, 3.8) is 0 Å². The van der Waals surface area contributed by atoms with Crippen LogP contribution in [0.25, 0.3) is 0 Å². The van der Waals surface area contributed by atoms with E-state index < -0.39 is 0 Å². The molecule has 0 unspecified atom stereocenters. The number of rotatable bonds is 4.